The van der Waals surface area contributed by atoms with E-state index in [1.807, 2.05) is 31.2 Å². The molecule has 6 nitrogen and oxygen atoms in total. The van der Waals surface area contributed by atoms with Gasteiger partial charge in [-0.3, -0.25) is 9.59 Å². The van der Waals surface area contributed by atoms with E-state index in [1.165, 1.54) is 28.4 Å². The smallest absolute Gasteiger partial charge is 0.290 e. The average Bonchev–Trinajstić information content (AvgIpc) is 3.47. The van der Waals surface area contributed by atoms with Crippen molar-refractivity contribution < 1.29 is 19.1 Å². The number of Topliss-reactive ketones (excluding diaryl/α,β-unsaturated/α-hetero) is 1. The van der Waals surface area contributed by atoms with Crippen molar-refractivity contribution in [3.8, 4) is 0 Å². The number of nitrogens with zero attached hydrogens (tertiary/aromatic N) is 2. The summed E-state index contributed by atoms with van der Waals surface area (Å²) >= 11 is 1.25. The fourth-order valence-corrected chi connectivity index (χ4v) is 5.40. The first-order valence-corrected chi connectivity index (χ1v) is 11.7. The Hall–Kier alpha value is -3.78. The molecule has 0 radical (unpaired) electrons. The molecule has 172 valence electrons. The minimum absolute atomic E-state index is 0.0561. The van der Waals surface area contributed by atoms with Gasteiger partial charge in [-0.2, -0.15) is 0 Å². The molecule has 34 heavy (non-hydrogen) atoms. The number of H-pyrrole nitrogens is 1. The summed E-state index contributed by atoms with van der Waals surface area (Å²) in [5, 5.41) is 12.5. The molecule has 0 saturated heterocycles. The Balaban J connectivity index is 1.59. The summed E-state index contributed by atoms with van der Waals surface area (Å²) in [6.07, 6.45) is 2.22. The molecule has 5 rings (SSSR count). The minimum Gasteiger partial charge on any atom is -0.503 e. The van der Waals surface area contributed by atoms with Gasteiger partial charge >= 0.3 is 0 Å². The van der Waals surface area contributed by atoms with Gasteiger partial charge in [0.15, 0.2) is 5.76 Å². The molecule has 8 heteroatoms. The Kier molecular flexibility index (Phi) is 5.53. The Morgan fingerprint density at radius 3 is 2.62 bits per heavy atom. The van der Waals surface area contributed by atoms with Gasteiger partial charge in [0, 0.05) is 29.2 Å². The number of carbonyl (C=O) groups excluding carboxylic acids is 2. The summed E-state index contributed by atoms with van der Waals surface area (Å²) in [4.78, 5) is 36.4. The van der Waals surface area contributed by atoms with Crippen molar-refractivity contribution in [1.29, 1.82) is 0 Å². The van der Waals surface area contributed by atoms with Crippen molar-refractivity contribution >= 4 is 33.9 Å². The zero-order valence-electron chi connectivity index (χ0n) is 18.6. The van der Waals surface area contributed by atoms with E-state index < -0.39 is 23.5 Å². The molecule has 0 spiro atoms. The van der Waals surface area contributed by atoms with Crippen LogP contribution in [0, 0.1) is 19.7 Å². The Bertz CT molecular complexity index is 1450. The maximum Gasteiger partial charge on any atom is 0.290 e. The van der Waals surface area contributed by atoms with Crippen molar-refractivity contribution in [2.75, 3.05) is 6.54 Å². The number of aryl methyl sites for hydroxylation is 2. The number of para-hydroxylation sites is 1. The van der Waals surface area contributed by atoms with E-state index in [9.17, 15) is 19.1 Å². The highest BCUT2D eigenvalue weighted by Crippen LogP contribution is 2.42. The largest absolute Gasteiger partial charge is 0.503 e. The van der Waals surface area contributed by atoms with E-state index in [1.54, 1.807) is 25.3 Å². The molecule has 4 aromatic rings. The molecule has 1 aliphatic rings. The number of aromatic nitrogens is 2. The number of thiazole rings is 1. The third-order valence-corrected chi connectivity index (χ3v) is 7.20. The predicted molar refractivity (Wildman–Crippen MR) is 128 cm³/mol. The Morgan fingerprint density at radius 2 is 1.91 bits per heavy atom. The summed E-state index contributed by atoms with van der Waals surface area (Å²) in [6, 6.07) is 12.9. The van der Waals surface area contributed by atoms with Crippen molar-refractivity contribution in [1.82, 2.24) is 14.9 Å². The number of ketones is 1. The van der Waals surface area contributed by atoms with E-state index in [-0.39, 0.29) is 17.9 Å². The molecule has 1 amide bonds. The van der Waals surface area contributed by atoms with E-state index in [4.69, 9.17) is 0 Å². The van der Waals surface area contributed by atoms with E-state index in [0.717, 1.165) is 27.0 Å². The predicted octanol–water partition coefficient (Wildman–Crippen LogP) is 5.20. The first kappa shape index (κ1) is 22.0. The van der Waals surface area contributed by atoms with Crippen molar-refractivity contribution in [3.63, 3.8) is 0 Å². The van der Waals surface area contributed by atoms with Crippen LogP contribution in [0.5, 0.6) is 0 Å². The number of carbonyl (C=O) groups is 2. The average molecular weight is 476 g/mol. The van der Waals surface area contributed by atoms with Crippen LogP contribution in [0.4, 0.5) is 4.39 Å². The number of aliphatic hydroxyl groups excluding tert-OH is 1. The van der Waals surface area contributed by atoms with Gasteiger partial charge in [0.05, 0.1) is 27.2 Å². The molecular weight excluding hydrogens is 453 g/mol. The van der Waals surface area contributed by atoms with Crippen LogP contribution in [0.1, 0.15) is 37.5 Å². The van der Waals surface area contributed by atoms with Gasteiger partial charge < -0.3 is 15.0 Å². The lowest BCUT2D eigenvalue weighted by Gasteiger charge is -2.26. The lowest BCUT2D eigenvalue weighted by atomic mass is 9.94. The summed E-state index contributed by atoms with van der Waals surface area (Å²) in [5.41, 5.74) is 3.07. The summed E-state index contributed by atoms with van der Waals surface area (Å²) in [5.74, 6) is -1.86. The van der Waals surface area contributed by atoms with Crippen LogP contribution in [0.15, 0.2) is 66.1 Å². The number of aliphatic hydroxyl groups is 1. The lowest BCUT2D eigenvalue weighted by Crippen LogP contribution is -2.33. The summed E-state index contributed by atoms with van der Waals surface area (Å²) < 4.78 is 13.3. The van der Waals surface area contributed by atoms with Gasteiger partial charge in [0.1, 0.15) is 5.82 Å². The Labute approximate surface area is 199 Å². The number of aromatic amines is 1. The van der Waals surface area contributed by atoms with E-state index in [0.29, 0.717) is 17.0 Å². The van der Waals surface area contributed by atoms with Crippen molar-refractivity contribution in [3.05, 3.63) is 98.6 Å². The Morgan fingerprint density at radius 1 is 1.18 bits per heavy atom. The van der Waals surface area contributed by atoms with Crippen LogP contribution in [0.3, 0.4) is 0 Å². The van der Waals surface area contributed by atoms with Gasteiger partial charge in [-0.15, -0.1) is 11.3 Å². The van der Waals surface area contributed by atoms with Crippen LogP contribution in [0.2, 0.25) is 0 Å². The number of halogens is 1. The van der Waals surface area contributed by atoms with Crippen molar-refractivity contribution in [2.45, 2.75) is 26.3 Å². The molecule has 3 heterocycles. The van der Waals surface area contributed by atoms with Crippen LogP contribution in [-0.4, -0.2) is 38.2 Å². The minimum atomic E-state index is -0.765. The quantitative estimate of drug-likeness (QED) is 0.375. The van der Waals surface area contributed by atoms with Crippen LogP contribution in [0.25, 0.3) is 10.9 Å². The molecular formula is C26H22FN3O3S. The number of hydrogen-bond donors (Lipinski definition) is 2. The fraction of sp³-hybridized carbons (Fsp3) is 0.192. The maximum atomic E-state index is 13.7. The van der Waals surface area contributed by atoms with Gasteiger partial charge in [-0.05, 0) is 44.0 Å². The first-order chi connectivity index (χ1) is 16.3. The van der Waals surface area contributed by atoms with Crippen LogP contribution in [-0.2, 0) is 11.2 Å². The molecule has 0 aliphatic carbocycles. The van der Waals surface area contributed by atoms with Gasteiger partial charge in [-0.1, -0.05) is 30.3 Å². The molecule has 2 aromatic carbocycles. The second-order valence-electron chi connectivity index (χ2n) is 8.31. The second-order valence-corrected chi connectivity index (χ2v) is 9.51. The standard InChI is InChI=1S/C26H22FN3O3S/c1-14-25(34-15(2)29-14)23(31)21-22(19-13-28-20-6-4-3-5-18(19)20)30(26(33)24(21)32)12-11-16-7-9-17(27)10-8-16/h3-10,13,22,28,32H,11-12H2,1-2H3. The van der Waals surface area contributed by atoms with E-state index >= 15 is 0 Å². The normalized spacial score (nSPS) is 16.1. The number of benzene rings is 2. The molecule has 1 atom stereocenters. The zero-order chi connectivity index (χ0) is 24.0. The van der Waals surface area contributed by atoms with E-state index in [2.05, 4.69) is 9.97 Å². The molecule has 2 aromatic heterocycles. The first-order valence-electron chi connectivity index (χ1n) is 10.9. The van der Waals surface area contributed by atoms with Gasteiger partial charge in [-0.25, -0.2) is 9.37 Å². The number of nitrogens with one attached hydrogen (secondary N) is 1. The highest BCUT2D eigenvalue weighted by molar-refractivity contribution is 7.14. The number of fused-ring (bicyclic) bond motifs is 1. The number of rotatable bonds is 6. The highest BCUT2D eigenvalue weighted by Gasteiger charge is 2.45. The topological polar surface area (TPSA) is 86.3 Å². The van der Waals surface area contributed by atoms with Crippen LogP contribution < -0.4 is 0 Å². The van der Waals surface area contributed by atoms with Gasteiger partial charge in [0.2, 0.25) is 5.78 Å². The molecule has 1 unspecified atom stereocenters. The second kappa shape index (κ2) is 8.53. The highest BCUT2D eigenvalue weighted by atomic mass is 32.1. The maximum absolute atomic E-state index is 13.7. The monoisotopic (exact) mass is 475 g/mol. The molecule has 2 N–H and O–H groups in total. The fourth-order valence-electron chi connectivity index (χ4n) is 4.52. The van der Waals surface area contributed by atoms with Gasteiger partial charge in [0.25, 0.3) is 5.91 Å². The SMILES string of the molecule is Cc1nc(C)c(C(=O)C2=C(O)C(=O)N(CCc3ccc(F)cc3)C2c2c[nH]c3ccccc23)s1. The third kappa shape index (κ3) is 3.70. The molecule has 0 fully saturated rings. The molecule has 0 saturated carbocycles. The summed E-state index contributed by atoms with van der Waals surface area (Å²) in [7, 11) is 0. The zero-order valence-corrected chi connectivity index (χ0v) is 19.4. The number of hydrogen-bond acceptors (Lipinski definition) is 5. The molecule has 1 aliphatic heterocycles. The molecule has 0 bridgehead atoms. The summed E-state index contributed by atoms with van der Waals surface area (Å²) in [6.45, 7) is 3.81. The number of amides is 1. The van der Waals surface area contributed by atoms with Crippen molar-refractivity contribution in [2.24, 2.45) is 0 Å². The van der Waals surface area contributed by atoms with Crippen LogP contribution >= 0.6 is 11.3 Å². The third-order valence-electron chi connectivity index (χ3n) is 6.13. The lowest BCUT2D eigenvalue weighted by molar-refractivity contribution is -0.129.